The molecule has 1 fully saturated rings. The summed E-state index contributed by atoms with van der Waals surface area (Å²) in [5, 5.41) is 3.16. The molecule has 1 aliphatic rings. The molecular weight excluding hydrogens is 376 g/mol. The fraction of sp³-hybridized carbons (Fsp3) is 0.571. The molecule has 0 bridgehead atoms. The van der Waals surface area contributed by atoms with E-state index in [9.17, 15) is 8.42 Å². The quantitative estimate of drug-likeness (QED) is 0.850. The van der Waals surface area contributed by atoms with E-state index in [0.717, 1.165) is 29.4 Å². The van der Waals surface area contributed by atoms with E-state index in [1.54, 1.807) is 16.4 Å². The number of nitrogens with one attached hydrogen (secondary N) is 1. The van der Waals surface area contributed by atoms with Gasteiger partial charge >= 0.3 is 0 Å². The van der Waals surface area contributed by atoms with Crippen molar-refractivity contribution in [1.82, 2.24) is 9.62 Å². The molecule has 120 valence electrons. The van der Waals surface area contributed by atoms with Gasteiger partial charge in [0.15, 0.2) is 0 Å². The first-order valence-electron chi connectivity index (χ1n) is 6.86. The van der Waals surface area contributed by atoms with Gasteiger partial charge in [0, 0.05) is 17.6 Å². The highest BCUT2D eigenvalue weighted by molar-refractivity contribution is 9.10. The Hall–Kier alpha value is -0.140. The molecule has 0 aliphatic carbocycles. The highest BCUT2D eigenvalue weighted by atomic mass is 79.9. The SMILES string of the molecule is CNCC1CCN(S(=O)(=O)c2ccc(Br)cc2C)CC1.Cl. The highest BCUT2D eigenvalue weighted by Gasteiger charge is 2.30. The number of rotatable bonds is 4. The molecule has 1 aromatic rings. The first kappa shape index (κ1) is 18.9. The minimum atomic E-state index is -3.36. The number of halogens is 2. The van der Waals surface area contributed by atoms with Crippen LogP contribution in [-0.4, -0.2) is 39.4 Å². The molecule has 4 nitrogen and oxygen atoms in total. The van der Waals surface area contributed by atoms with Crippen molar-refractivity contribution in [3.8, 4) is 0 Å². The summed E-state index contributed by atoms with van der Waals surface area (Å²) in [7, 11) is -1.42. The Morgan fingerprint density at radius 3 is 2.48 bits per heavy atom. The third kappa shape index (κ3) is 4.42. The van der Waals surface area contributed by atoms with Crippen molar-refractivity contribution in [2.45, 2.75) is 24.7 Å². The number of piperidine rings is 1. The summed E-state index contributed by atoms with van der Waals surface area (Å²) in [4.78, 5) is 0.424. The van der Waals surface area contributed by atoms with Crippen LogP contribution in [0.3, 0.4) is 0 Å². The van der Waals surface area contributed by atoms with Crippen LogP contribution in [0.25, 0.3) is 0 Å². The fourth-order valence-electron chi connectivity index (χ4n) is 2.68. The van der Waals surface area contributed by atoms with Gasteiger partial charge in [-0.25, -0.2) is 8.42 Å². The molecule has 1 N–H and O–H groups in total. The van der Waals surface area contributed by atoms with Crippen molar-refractivity contribution < 1.29 is 8.42 Å². The zero-order valence-corrected chi connectivity index (χ0v) is 15.5. The topological polar surface area (TPSA) is 49.4 Å². The zero-order valence-electron chi connectivity index (χ0n) is 12.3. The third-order valence-electron chi connectivity index (χ3n) is 3.82. The lowest BCUT2D eigenvalue weighted by molar-refractivity contribution is 0.270. The summed E-state index contributed by atoms with van der Waals surface area (Å²) in [5.41, 5.74) is 0.789. The standard InChI is InChI=1S/C14H21BrN2O2S.ClH/c1-11-9-13(15)3-4-14(11)20(18,19)17-7-5-12(6-8-17)10-16-2;/h3-4,9,12,16H,5-8,10H2,1-2H3;1H. The Labute approximate surface area is 141 Å². The molecule has 0 spiro atoms. The van der Waals surface area contributed by atoms with E-state index in [4.69, 9.17) is 0 Å². The Morgan fingerprint density at radius 2 is 1.95 bits per heavy atom. The normalized spacial score (nSPS) is 17.5. The van der Waals surface area contributed by atoms with Crippen LogP contribution in [0.15, 0.2) is 27.6 Å². The number of hydrogen-bond donors (Lipinski definition) is 1. The van der Waals surface area contributed by atoms with E-state index < -0.39 is 10.0 Å². The van der Waals surface area contributed by atoms with Gasteiger partial charge < -0.3 is 5.32 Å². The molecule has 1 saturated heterocycles. The van der Waals surface area contributed by atoms with Crippen LogP contribution in [0.1, 0.15) is 18.4 Å². The zero-order chi connectivity index (χ0) is 14.8. The van der Waals surface area contributed by atoms with Crippen LogP contribution < -0.4 is 5.32 Å². The Bertz CT molecular complexity index is 572. The average molecular weight is 398 g/mol. The summed E-state index contributed by atoms with van der Waals surface area (Å²) >= 11 is 3.37. The van der Waals surface area contributed by atoms with Gasteiger partial charge in [-0.2, -0.15) is 4.31 Å². The highest BCUT2D eigenvalue weighted by Crippen LogP contribution is 2.26. The average Bonchev–Trinajstić information content (AvgIpc) is 2.39. The monoisotopic (exact) mass is 396 g/mol. The molecule has 1 aromatic carbocycles. The Morgan fingerprint density at radius 1 is 1.33 bits per heavy atom. The molecule has 0 atom stereocenters. The summed E-state index contributed by atoms with van der Waals surface area (Å²) in [6.07, 6.45) is 1.85. The summed E-state index contributed by atoms with van der Waals surface area (Å²) in [5.74, 6) is 0.581. The maximum atomic E-state index is 12.7. The summed E-state index contributed by atoms with van der Waals surface area (Å²) < 4.78 is 27.9. The van der Waals surface area contributed by atoms with E-state index in [1.165, 1.54) is 0 Å². The smallest absolute Gasteiger partial charge is 0.243 e. The van der Waals surface area contributed by atoms with Crippen molar-refractivity contribution in [2.75, 3.05) is 26.7 Å². The van der Waals surface area contributed by atoms with Gasteiger partial charge in [0.2, 0.25) is 10.0 Å². The molecule has 0 radical (unpaired) electrons. The van der Waals surface area contributed by atoms with E-state index in [2.05, 4.69) is 21.2 Å². The van der Waals surface area contributed by atoms with Gasteiger partial charge in [0.25, 0.3) is 0 Å². The fourth-order valence-corrected chi connectivity index (χ4v) is 4.83. The number of sulfonamides is 1. The molecule has 0 amide bonds. The summed E-state index contributed by atoms with van der Waals surface area (Å²) in [6.45, 7) is 4.03. The van der Waals surface area contributed by atoms with Gasteiger partial charge in [-0.1, -0.05) is 15.9 Å². The minimum Gasteiger partial charge on any atom is -0.319 e. The van der Waals surface area contributed by atoms with Crippen molar-refractivity contribution in [2.24, 2.45) is 5.92 Å². The van der Waals surface area contributed by atoms with Crippen molar-refractivity contribution >= 4 is 38.4 Å². The number of benzene rings is 1. The van der Waals surface area contributed by atoms with Crippen molar-refractivity contribution in [3.63, 3.8) is 0 Å². The first-order chi connectivity index (χ1) is 9.45. The Balaban J connectivity index is 0.00000220. The largest absolute Gasteiger partial charge is 0.319 e. The van der Waals surface area contributed by atoms with Gasteiger partial charge in [-0.05, 0) is 63.0 Å². The van der Waals surface area contributed by atoms with Crippen LogP contribution in [0.2, 0.25) is 0 Å². The maximum absolute atomic E-state index is 12.7. The van der Waals surface area contributed by atoms with Gasteiger partial charge in [-0.15, -0.1) is 12.4 Å². The first-order valence-corrected chi connectivity index (χ1v) is 9.09. The lowest BCUT2D eigenvalue weighted by Gasteiger charge is -2.31. The van der Waals surface area contributed by atoms with Crippen LogP contribution >= 0.6 is 28.3 Å². The molecule has 1 heterocycles. The van der Waals surface area contributed by atoms with Crippen LogP contribution in [0.5, 0.6) is 0 Å². The van der Waals surface area contributed by atoms with E-state index >= 15 is 0 Å². The van der Waals surface area contributed by atoms with Crippen LogP contribution in [-0.2, 0) is 10.0 Å². The van der Waals surface area contributed by atoms with Crippen molar-refractivity contribution in [3.05, 3.63) is 28.2 Å². The van der Waals surface area contributed by atoms with E-state index in [0.29, 0.717) is 23.9 Å². The van der Waals surface area contributed by atoms with Crippen molar-refractivity contribution in [1.29, 1.82) is 0 Å². The molecule has 0 saturated carbocycles. The number of hydrogen-bond acceptors (Lipinski definition) is 3. The molecule has 2 rings (SSSR count). The number of nitrogens with zero attached hydrogens (tertiary/aromatic N) is 1. The second kappa shape index (κ2) is 7.92. The minimum absolute atomic E-state index is 0. The molecule has 0 aromatic heterocycles. The van der Waals surface area contributed by atoms with Crippen LogP contribution in [0.4, 0.5) is 0 Å². The predicted molar refractivity (Wildman–Crippen MR) is 91.5 cm³/mol. The van der Waals surface area contributed by atoms with E-state index in [-0.39, 0.29) is 12.4 Å². The van der Waals surface area contributed by atoms with Gasteiger partial charge in [0.05, 0.1) is 4.90 Å². The Kier molecular flexibility index (Phi) is 7.13. The lowest BCUT2D eigenvalue weighted by atomic mass is 9.98. The lowest BCUT2D eigenvalue weighted by Crippen LogP contribution is -2.40. The van der Waals surface area contributed by atoms with E-state index in [1.807, 2.05) is 20.0 Å². The molecule has 1 aliphatic heterocycles. The predicted octanol–water partition coefficient (Wildman–Crippen LogP) is 2.80. The molecular formula is C14H22BrClN2O2S. The van der Waals surface area contributed by atoms with Gasteiger partial charge in [0.1, 0.15) is 0 Å². The third-order valence-corrected chi connectivity index (χ3v) is 6.37. The maximum Gasteiger partial charge on any atom is 0.243 e. The second-order valence-electron chi connectivity index (χ2n) is 5.31. The van der Waals surface area contributed by atoms with Crippen LogP contribution in [0, 0.1) is 12.8 Å². The summed E-state index contributed by atoms with van der Waals surface area (Å²) in [6, 6.07) is 5.32. The molecule has 7 heteroatoms. The second-order valence-corrected chi connectivity index (χ2v) is 8.14. The molecule has 21 heavy (non-hydrogen) atoms. The van der Waals surface area contributed by atoms with Gasteiger partial charge in [-0.3, -0.25) is 0 Å². The molecule has 0 unspecified atom stereocenters. The number of aryl methyl sites for hydroxylation is 1.